The molecule has 0 aromatic carbocycles. The summed E-state index contributed by atoms with van der Waals surface area (Å²) in [6.45, 7) is 0. The smallest absolute Gasteiger partial charge is 0.0980 e. The summed E-state index contributed by atoms with van der Waals surface area (Å²) in [6.07, 6.45) is -2.57. The van der Waals surface area contributed by atoms with E-state index in [0.717, 1.165) is 0 Å². The van der Waals surface area contributed by atoms with Gasteiger partial charge in [0.1, 0.15) is 0 Å². The minimum absolute atomic E-state index is 0. The van der Waals surface area contributed by atoms with Gasteiger partial charge in [-0.15, -0.1) is 0 Å². The van der Waals surface area contributed by atoms with Crippen molar-refractivity contribution in [3.8, 4) is 0 Å². The van der Waals surface area contributed by atoms with Gasteiger partial charge in [-0.05, 0) is 0 Å². The maximum atomic E-state index is 6.15. The van der Waals surface area contributed by atoms with Gasteiger partial charge >= 0.3 is 0 Å². The fourth-order valence-corrected chi connectivity index (χ4v) is 43.7. The molecular formula is CB17P8Y-. The molecule has 99 valence electrons. The Morgan fingerprint density at radius 3 is 1.00 bits per heavy atom. The molecule has 0 nitrogen and oxygen atoms in total. The molecule has 0 rings (SSSR count). The normalized spacial score (nSPS) is 14.0. The van der Waals surface area contributed by atoms with Crippen molar-refractivity contribution in [3.05, 3.63) is 5.14 Å². The minimum atomic E-state index is -1.62. The molecule has 0 aliphatic heterocycles. The van der Waals surface area contributed by atoms with Crippen LogP contribution in [0.3, 0.4) is 0 Å². The molecule has 0 fully saturated rings. The minimum Gasteiger partial charge on any atom is -0.297 e. The van der Waals surface area contributed by atoms with Gasteiger partial charge in [0.25, 0.3) is 0 Å². The van der Waals surface area contributed by atoms with E-state index in [1.165, 1.54) is 0 Å². The molecule has 0 saturated heterocycles. The molecule has 2 unspecified atom stereocenters. The molecule has 27 heavy (non-hydrogen) atoms. The van der Waals surface area contributed by atoms with Crippen molar-refractivity contribution in [2.75, 3.05) is 0 Å². The van der Waals surface area contributed by atoms with E-state index < -0.39 is 77.6 Å². The standard InChI is InChI=1S/CB17P8.Y/c2-16(3)19(22(8)9)1(20(23(10)11)24(12)13)21(25(14)15)26(17(4)5)18(6)7;/q-1;. The summed E-state index contributed by atoms with van der Waals surface area (Å²) in [5, 5.41) is 0.687. The van der Waals surface area contributed by atoms with Crippen LogP contribution in [-0.4, -0.2) is 126 Å². The SMILES string of the molecule is [B]B([B])P(B([B])[B])P([C-](P(B([B])[B])P([B])[B])P(P([B])[B])P([B])[B])P([B])[B].[Y]. The summed E-state index contributed by atoms with van der Waals surface area (Å²) in [6, 6.07) is 0. The summed E-state index contributed by atoms with van der Waals surface area (Å²) in [4.78, 5) is 0. The van der Waals surface area contributed by atoms with Crippen molar-refractivity contribution in [1.29, 1.82) is 0 Å². The van der Waals surface area contributed by atoms with Crippen molar-refractivity contribution in [2.24, 2.45) is 0 Å². The van der Waals surface area contributed by atoms with Crippen molar-refractivity contribution in [2.45, 2.75) is 0 Å². The Balaban J connectivity index is 0. The molecule has 0 spiro atoms. The van der Waals surface area contributed by atoms with E-state index in [2.05, 4.69) is 0 Å². The van der Waals surface area contributed by atoms with Crippen LogP contribution in [0.25, 0.3) is 0 Å². The van der Waals surface area contributed by atoms with Crippen LogP contribution in [0.1, 0.15) is 0 Å². The zero-order chi connectivity index (χ0) is 20.9. The monoisotopic (exact) mass is 536 g/mol. The van der Waals surface area contributed by atoms with Crippen LogP contribution < -0.4 is 0 Å². The first kappa shape index (κ1) is 34.8. The van der Waals surface area contributed by atoms with Crippen LogP contribution in [0.15, 0.2) is 0 Å². The predicted octanol–water partition coefficient (Wildman–Crippen LogP) is 0.495. The largest absolute Gasteiger partial charge is 0.297 e. The second-order valence-corrected chi connectivity index (χ2v) is 29.3. The molecule has 0 aromatic rings. The summed E-state index contributed by atoms with van der Waals surface area (Å²) < 4.78 is 0. The average Bonchev–Trinajstić information content (AvgIpc) is 2.40. The van der Waals surface area contributed by atoms with Crippen LogP contribution in [0, 0.1) is 5.14 Å². The molecule has 0 bridgehead atoms. The topological polar surface area (TPSA) is 0 Å². The summed E-state index contributed by atoms with van der Waals surface area (Å²) >= 11 is 0. The Morgan fingerprint density at radius 1 is 0.481 bits per heavy atom. The Hall–Kier alpha value is 5.65. The van der Waals surface area contributed by atoms with E-state index in [9.17, 15) is 0 Å². The molecule has 0 aliphatic carbocycles. The van der Waals surface area contributed by atoms with Gasteiger partial charge in [0.05, 0.1) is 73.0 Å². The molecular weight excluding hydrogens is 533 g/mol. The van der Waals surface area contributed by atoms with Gasteiger partial charge in [-0.3, -0.25) is 7.49 Å². The molecule has 0 heterocycles. The summed E-state index contributed by atoms with van der Waals surface area (Å²) in [5.41, 5.74) is 0. The Morgan fingerprint density at radius 2 is 0.815 bits per heavy atom. The third kappa shape index (κ3) is 11.3. The number of hydrogen-bond acceptors (Lipinski definition) is 0. The van der Waals surface area contributed by atoms with Crippen LogP contribution in [0.4, 0.5) is 0 Å². The van der Waals surface area contributed by atoms with Crippen molar-refractivity contribution in [1.82, 2.24) is 0 Å². The molecule has 2 atom stereocenters. The first-order valence-electron chi connectivity index (χ1n) is 6.51. The fraction of sp³-hybridized carbons (Fsp3) is 0. The van der Waals surface area contributed by atoms with Gasteiger partial charge in [0.2, 0.25) is 0 Å². The quantitative estimate of drug-likeness (QED) is 0.207. The van der Waals surface area contributed by atoms with E-state index in [1.54, 1.807) is 0 Å². The molecule has 0 aliphatic rings. The molecule has 29 radical (unpaired) electrons. The van der Waals surface area contributed by atoms with Gasteiger partial charge in [0, 0.05) is 85.3 Å². The molecule has 0 N–H and O–H groups in total. The van der Waals surface area contributed by atoms with Gasteiger partial charge in [0.15, 0.2) is 0 Å². The van der Waals surface area contributed by atoms with Crippen molar-refractivity contribution < 1.29 is 32.7 Å². The van der Waals surface area contributed by atoms with Gasteiger partial charge in [-0.25, -0.2) is 56.6 Å². The molecule has 26 heteroatoms. The fourth-order valence-electron chi connectivity index (χ4n) is 1.76. The van der Waals surface area contributed by atoms with Crippen LogP contribution in [-0.2, 0) is 32.7 Å². The van der Waals surface area contributed by atoms with Gasteiger partial charge in [-0.1, -0.05) is 0 Å². The Kier molecular flexibility index (Phi) is 22.1. The van der Waals surface area contributed by atoms with E-state index in [-0.39, 0.29) is 32.7 Å². The van der Waals surface area contributed by atoms with Gasteiger partial charge < -0.3 is 0 Å². The second-order valence-electron chi connectivity index (χ2n) is 4.60. The van der Waals surface area contributed by atoms with E-state index in [4.69, 9.17) is 107 Å². The predicted molar refractivity (Wildman–Crippen MR) is 156 cm³/mol. The summed E-state index contributed by atoms with van der Waals surface area (Å²) in [5.74, 6) is 0. The van der Waals surface area contributed by atoms with Crippen LogP contribution in [0.2, 0.25) is 0 Å². The van der Waals surface area contributed by atoms with Crippen LogP contribution in [0.5, 0.6) is 0 Å². The molecule has 0 amide bonds. The van der Waals surface area contributed by atoms with E-state index in [0.29, 0.717) is 5.14 Å². The summed E-state index contributed by atoms with van der Waals surface area (Å²) in [7, 11) is 72.1. The average molecular weight is 533 g/mol. The Labute approximate surface area is 220 Å². The van der Waals surface area contributed by atoms with E-state index >= 15 is 0 Å². The first-order chi connectivity index (χ1) is 11.7. The molecule has 0 aromatic heterocycles. The third-order valence-corrected chi connectivity index (χ3v) is 35.7. The number of hydrogen-bond donors (Lipinski definition) is 0. The second kappa shape index (κ2) is 17.1. The third-order valence-electron chi connectivity index (χ3n) is 2.58. The zero-order valence-electron chi connectivity index (χ0n) is 14.5. The van der Waals surface area contributed by atoms with E-state index in [1.807, 2.05) is 0 Å². The zero-order valence-corrected chi connectivity index (χ0v) is 24.5. The van der Waals surface area contributed by atoms with Crippen molar-refractivity contribution >= 4 is 185 Å². The molecule has 0 saturated carbocycles. The van der Waals surface area contributed by atoms with Crippen molar-refractivity contribution in [3.63, 3.8) is 0 Å². The number of rotatable bonds is 11. The first-order valence-corrected chi connectivity index (χ1v) is 21.5. The maximum absolute atomic E-state index is 6.15. The Bertz CT molecular complexity index is 349. The van der Waals surface area contributed by atoms with Gasteiger partial charge in [-0.2, -0.15) is 0 Å². The van der Waals surface area contributed by atoms with Crippen LogP contribution >= 0.6 is 58.9 Å². The maximum Gasteiger partial charge on any atom is 0.0980 e.